The van der Waals surface area contributed by atoms with Gasteiger partial charge in [0.25, 0.3) is 0 Å². The molecule has 0 rings (SSSR count). The summed E-state index contributed by atoms with van der Waals surface area (Å²) in [4.78, 5) is 22.5. The number of carbonyl (C=O) groups is 2. The summed E-state index contributed by atoms with van der Waals surface area (Å²) in [7, 11) is 3.01. The van der Waals surface area contributed by atoms with Gasteiger partial charge in [0.2, 0.25) is 0 Å². The van der Waals surface area contributed by atoms with Gasteiger partial charge in [-0.05, 0) is 13.8 Å². The second-order valence-corrected chi connectivity index (χ2v) is 3.69. The summed E-state index contributed by atoms with van der Waals surface area (Å²) in [6, 6.07) is 0. The van der Waals surface area contributed by atoms with E-state index in [0.717, 1.165) is 0 Å². The molecule has 0 fully saturated rings. The zero-order chi connectivity index (χ0) is 13.3. The van der Waals surface area contributed by atoms with Gasteiger partial charge in [-0.2, -0.15) is 0 Å². The number of ether oxygens (including phenoxy) is 4. The molecule has 0 spiro atoms. The first-order valence-corrected chi connectivity index (χ1v) is 5.36. The van der Waals surface area contributed by atoms with Crippen LogP contribution in [0.25, 0.3) is 0 Å². The Hall–Kier alpha value is -1.14. The maximum absolute atomic E-state index is 11.3. The van der Waals surface area contributed by atoms with Crippen molar-refractivity contribution in [1.82, 2.24) is 0 Å². The van der Waals surface area contributed by atoms with Gasteiger partial charge in [-0.15, -0.1) is 0 Å². The SMILES string of the molecule is COCC(C)OC(=O)CC(=O)OC(C)COC. The standard InChI is InChI=1S/C11H20O6/c1-8(6-14-3)16-10(12)5-11(13)17-9(2)7-15-4/h8-9H,5-7H2,1-4H3. The van der Waals surface area contributed by atoms with E-state index in [9.17, 15) is 9.59 Å². The Kier molecular flexibility index (Phi) is 8.35. The van der Waals surface area contributed by atoms with E-state index < -0.39 is 18.4 Å². The van der Waals surface area contributed by atoms with Crippen molar-refractivity contribution in [3.8, 4) is 0 Å². The third-order valence-electron chi connectivity index (χ3n) is 1.76. The zero-order valence-corrected chi connectivity index (χ0v) is 10.7. The average molecular weight is 248 g/mol. The van der Waals surface area contributed by atoms with Crippen LogP contribution in [0.5, 0.6) is 0 Å². The fourth-order valence-electron chi connectivity index (χ4n) is 1.19. The number of hydrogen-bond acceptors (Lipinski definition) is 6. The summed E-state index contributed by atoms with van der Waals surface area (Å²) in [5.41, 5.74) is 0. The van der Waals surface area contributed by atoms with Gasteiger partial charge in [0, 0.05) is 14.2 Å². The molecule has 0 bridgehead atoms. The van der Waals surface area contributed by atoms with E-state index in [0.29, 0.717) is 13.2 Å². The zero-order valence-electron chi connectivity index (χ0n) is 10.7. The van der Waals surface area contributed by atoms with E-state index in [1.165, 1.54) is 14.2 Å². The third kappa shape index (κ3) is 8.65. The second-order valence-electron chi connectivity index (χ2n) is 3.69. The molecule has 0 aliphatic rings. The van der Waals surface area contributed by atoms with E-state index in [2.05, 4.69) is 0 Å². The summed E-state index contributed by atoms with van der Waals surface area (Å²) in [5.74, 6) is -1.24. The summed E-state index contributed by atoms with van der Waals surface area (Å²) in [6.45, 7) is 3.95. The van der Waals surface area contributed by atoms with Gasteiger partial charge < -0.3 is 18.9 Å². The van der Waals surface area contributed by atoms with Gasteiger partial charge in [0.15, 0.2) is 0 Å². The van der Waals surface area contributed by atoms with E-state index in [-0.39, 0.29) is 12.2 Å². The van der Waals surface area contributed by atoms with Gasteiger partial charge in [0.05, 0.1) is 13.2 Å². The summed E-state index contributed by atoms with van der Waals surface area (Å²) < 4.78 is 19.4. The Morgan fingerprint density at radius 1 is 0.882 bits per heavy atom. The lowest BCUT2D eigenvalue weighted by molar-refractivity contribution is -0.161. The molecule has 0 aliphatic heterocycles. The second kappa shape index (κ2) is 8.95. The Bertz CT molecular complexity index is 216. The predicted octanol–water partition coefficient (Wildman–Crippen LogP) is 0.533. The van der Waals surface area contributed by atoms with Crippen molar-refractivity contribution in [2.75, 3.05) is 27.4 Å². The number of methoxy groups -OCH3 is 2. The first-order valence-electron chi connectivity index (χ1n) is 5.36. The highest BCUT2D eigenvalue weighted by molar-refractivity contribution is 5.91. The van der Waals surface area contributed by atoms with E-state index in [4.69, 9.17) is 18.9 Å². The maximum atomic E-state index is 11.3. The molecule has 2 atom stereocenters. The summed E-state index contributed by atoms with van der Waals surface area (Å²) in [6.07, 6.45) is -1.16. The number of esters is 2. The highest BCUT2D eigenvalue weighted by atomic mass is 16.6. The number of rotatable bonds is 8. The molecular weight excluding hydrogens is 228 g/mol. The van der Waals surface area contributed by atoms with Gasteiger partial charge in [-0.25, -0.2) is 0 Å². The molecule has 0 aromatic carbocycles. The van der Waals surface area contributed by atoms with Crippen LogP contribution in [0, 0.1) is 0 Å². The molecule has 17 heavy (non-hydrogen) atoms. The Morgan fingerprint density at radius 2 is 1.24 bits per heavy atom. The Balaban J connectivity index is 3.83. The molecule has 0 saturated carbocycles. The minimum absolute atomic E-state index is 0.293. The van der Waals surface area contributed by atoms with Crippen molar-refractivity contribution in [3.05, 3.63) is 0 Å². The Labute approximate surface area is 101 Å². The van der Waals surface area contributed by atoms with Crippen molar-refractivity contribution in [3.63, 3.8) is 0 Å². The predicted molar refractivity (Wildman–Crippen MR) is 59.5 cm³/mol. The van der Waals surface area contributed by atoms with Crippen LogP contribution < -0.4 is 0 Å². The van der Waals surface area contributed by atoms with Crippen LogP contribution in [-0.2, 0) is 28.5 Å². The van der Waals surface area contributed by atoms with Gasteiger partial charge in [-0.3, -0.25) is 9.59 Å². The normalized spacial score (nSPS) is 13.9. The molecule has 0 aromatic heterocycles. The molecule has 0 amide bonds. The molecule has 0 aromatic rings. The minimum Gasteiger partial charge on any atom is -0.460 e. The summed E-state index contributed by atoms with van der Waals surface area (Å²) in [5, 5.41) is 0. The first kappa shape index (κ1) is 15.9. The quantitative estimate of drug-likeness (QED) is 0.461. The highest BCUT2D eigenvalue weighted by Crippen LogP contribution is 2.00. The first-order chi connectivity index (χ1) is 7.99. The van der Waals surface area contributed by atoms with Crippen molar-refractivity contribution in [2.24, 2.45) is 0 Å². The average Bonchev–Trinajstić information content (AvgIpc) is 2.16. The van der Waals surface area contributed by atoms with Crippen LogP contribution in [0.4, 0.5) is 0 Å². The lowest BCUT2D eigenvalue weighted by Gasteiger charge is -2.14. The van der Waals surface area contributed by atoms with Crippen LogP contribution in [0.3, 0.4) is 0 Å². The lowest BCUT2D eigenvalue weighted by Crippen LogP contribution is -2.25. The fraction of sp³-hybridized carbons (Fsp3) is 0.818. The molecule has 0 saturated heterocycles. The smallest absolute Gasteiger partial charge is 0.317 e. The molecule has 6 nitrogen and oxygen atoms in total. The van der Waals surface area contributed by atoms with Crippen molar-refractivity contribution >= 4 is 11.9 Å². The molecule has 0 radical (unpaired) electrons. The molecule has 0 aliphatic carbocycles. The molecule has 100 valence electrons. The molecule has 0 heterocycles. The monoisotopic (exact) mass is 248 g/mol. The topological polar surface area (TPSA) is 71.1 Å². The van der Waals surface area contributed by atoms with E-state index >= 15 is 0 Å². The van der Waals surface area contributed by atoms with Crippen LogP contribution in [0.15, 0.2) is 0 Å². The van der Waals surface area contributed by atoms with Crippen molar-refractivity contribution in [2.45, 2.75) is 32.5 Å². The van der Waals surface area contributed by atoms with Crippen LogP contribution in [0.2, 0.25) is 0 Å². The number of carbonyl (C=O) groups excluding carboxylic acids is 2. The van der Waals surface area contributed by atoms with Gasteiger partial charge >= 0.3 is 11.9 Å². The summed E-state index contributed by atoms with van der Waals surface area (Å²) >= 11 is 0. The van der Waals surface area contributed by atoms with E-state index in [1.807, 2.05) is 0 Å². The van der Waals surface area contributed by atoms with Crippen molar-refractivity contribution < 1.29 is 28.5 Å². The fourth-order valence-corrected chi connectivity index (χ4v) is 1.19. The Morgan fingerprint density at radius 3 is 1.53 bits per heavy atom. The van der Waals surface area contributed by atoms with E-state index in [1.54, 1.807) is 13.8 Å². The van der Waals surface area contributed by atoms with Crippen LogP contribution in [-0.4, -0.2) is 51.6 Å². The van der Waals surface area contributed by atoms with Crippen LogP contribution >= 0.6 is 0 Å². The molecule has 0 N–H and O–H groups in total. The minimum atomic E-state index is -0.621. The lowest BCUT2D eigenvalue weighted by atomic mass is 10.4. The largest absolute Gasteiger partial charge is 0.460 e. The molecular formula is C11H20O6. The van der Waals surface area contributed by atoms with Crippen molar-refractivity contribution in [1.29, 1.82) is 0 Å². The molecule has 2 unspecified atom stereocenters. The van der Waals surface area contributed by atoms with Gasteiger partial charge in [0.1, 0.15) is 18.6 Å². The number of hydrogen-bond donors (Lipinski definition) is 0. The maximum Gasteiger partial charge on any atom is 0.317 e. The van der Waals surface area contributed by atoms with Crippen LogP contribution in [0.1, 0.15) is 20.3 Å². The highest BCUT2D eigenvalue weighted by Gasteiger charge is 2.17. The van der Waals surface area contributed by atoms with Gasteiger partial charge in [-0.1, -0.05) is 0 Å². The molecule has 6 heteroatoms. The third-order valence-corrected chi connectivity index (χ3v) is 1.76.